The van der Waals surface area contributed by atoms with Gasteiger partial charge in [-0.1, -0.05) is 13.8 Å². The van der Waals surface area contributed by atoms with E-state index in [-0.39, 0.29) is 0 Å². The van der Waals surface area contributed by atoms with Gasteiger partial charge in [-0.05, 0) is 38.7 Å². The molecule has 1 aromatic rings. The highest BCUT2D eigenvalue weighted by Gasteiger charge is 2.16. The second kappa shape index (κ2) is 7.06. The van der Waals surface area contributed by atoms with Crippen molar-refractivity contribution in [2.24, 2.45) is 0 Å². The summed E-state index contributed by atoms with van der Waals surface area (Å²) in [5.41, 5.74) is 2.53. The summed E-state index contributed by atoms with van der Waals surface area (Å²) in [6, 6.07) is 2.63. The normalized spacial score (nSPS) is 20.9. The lowest BCUT2D eigenvalue weighted by Gasteiger charge is -2.17. The van der Waals surface area contributed by atoms with Gasteiger partial charge in [0.05, 0.1) is 17.8 Å². The Bertz CT molecular complexity index is 383. The molecule has 2 unspecified atom stereocenters. The molecule has 0 spiro atoms. The van der Waals surface area contributed by atoms with Crippen LogP contribution >= 0.6 is 0 Å². The SMILES string of the molecule is CCc1cc(CC)n(C(C)CNCC2CCCO2)n1. The van der Waals surface area contributed by atoms with Crippen molar-refractivity contribution in [3.8, 4) is 0 Å². The van der Waals surface area contributed by atoms with E-state index in [1.807, 2.05) is 0 Å². The Morgan fingerprint density at radius 3 is 2.95 bits per heavy atom. The Kier molecular flexibility index (Phi) is 5.40. The van der Waals surface area contributed by atoms with Gasteiger partial charge in [-0.2, -0.15) is 5.10 Å². The van der Waals surface area contributed by atoms with Gasteiger partial charge in [-0.15, -0.1) is 0 Å². The minimum absolute atomic E-state index is 0.400. The molecule has 0 bridgehead atoms. The van der Waals surface area contributed by atoms with Gasteiger partial charge in [0.1, 0.15) is 0 Å². The fraction of sp³-hybridized carbons (Fsp3) is 0.800. The van der Waals surface area contributed by atoms with Crippen LogP contribution in [0.15, 0.2) is 6.07 Å². The molecular formula is C15H27N3O. The summed E-state index contributed by atoms with van der Waals surface area (Å²) in [6.07, 6.45) is 4.88. The van der Waals surface area contributed by atoms with Crippen LogP contribution in [0.1, 0.15) is 51.0 Å². The van der Waals surface area contributed by atoms with Crippen LogP contribution in [0.3, 0.4) is 0 Å². The molecule has 108 valence electrons. The summed E-state index contributed by atoms with van der Waals surface area (Å²) < 4.78 is 7.80. The van der Waals surface area contributed by atoms with Gasteiger partial charge in [-0.25, -0.2) is 0 Å². The predicted molar refractivity (Wildman–Crippen MR) is 77.5 cm³/mol. The van der Waals surface area contributed by atoms with Crippen molar-refractivity contribution in [2.45, 2.75) is 58.6 Å². The standard InChI is InChI=1S/C15H27N3O/c1-4-13-9-14(5-2)18(17-13)12(3)10-16-11-15-7-6-8-19-15/h9,12,15-16H,4-8,10-11H2,1-3H3. The van der Waals surface area contributed by atoms with Crippen molar-refractivity contribution in [3.05, 3.63) is 17.5 Å². The van der Waals surface area contributed by atoms with Crippen LogP contribution in [0.2, 0.25) is 0 Å². The third kappa shape index (κ3) is 3.80. The summed E-state index contributed by atoms with van der Waals surface area (Å²) in [7, 11) is 0. The minimum Gasteiger partial charge on any atom is -0.377 e. The molecular weight excluding hydrogens is 238 g/mol. The zero-order chi connectivity index (χ0) is 13.7. The molecule has 1 aromatic heterocycles. The molecule has 19 heavy (non-hydrogen) atoms. The Hall–Kier alpha value is -0.870. The molecule has 2 atom stereocenters. The predicted octanol–water partition coefficient (Wildman–Crippen LogP) is 2.34. The Morgan fingerprint density at radius 2 is 2.32 bits per heavy atom. The Labute approximate surface area is 116 Å². The highest BCUT2D eigenvalue weighted by atomic mass is 16.5. The maximum atomic E-state index is 5.62. The van der Waals surface area contributed by atoms with Crippen molar-refractivity contribution < 1.29 is 4.74 Å². The van der Waals surface area contributed by atoms with Crippen LogP contribution in [0, 0.1) is 0 Å². The van der Waals surface area contributed by atoms with Gasteiger partial charge in [-0.3, -0.25) is 4.68 Å². The van der Waals surface area contributed by atoms with E-state index in [9.17, 15) is 0 Å². The molecule has 0 aromatic carbocycles. The monoisotopic (exact) mass is 265 g/mol. The van der Waals surface area contributed by atoms with E-state index in [1.165, 1.54) is 24.2 Å². The quantitative estimate of drug-likeness (QED) is 0.822. The molecule has 4 nitrogen and oxygen atoms in total. The number of hydrogen-bond acceptors (Lipinski definition) is 3. The number of ether oxygens (including phenoxy) is 1. The average Bonchev–Trinajstić information content (AvgIpc) is 3.07. The maximum absolute atomic E-state index is 5.62. The molecule has 2 heterocycles. The first-order valence-corrected chi connectivity index (χ1v) is 7.64. The molecule has 1 aliphatic heterocycles. The summed E-state index contributed by atoms with van der Waals surface area (Å²) in [5.74, 6) is 0. The fourth-order valence-electron chi connectivity index (χ4n) is 2.65. The van der Waals surface area contributed by atoms with Crippen molar-refractivity contribution >= 4 is 0 Å². The van der Waals surface area contributed by atoms with Crippen molar-refractivity contribution in [1.29, 1.82) is 0 Å². The van der Waals surface area contributed by atoms with Crippen LogP contribution in [0.25, 0.3) is 0 Å². The van der Waals surface area contributed by atoms with Gasteiger partial charge >= 0.3 is 0 Å². The second-order valence-electron chi connectivity index (χ2n) is 5.42. The van der Waals surface area contributed by atoms with Crippen molar-refractivity contribution in [1.82, 2.24) is 15.1 Å². The molecule has 1 saturated heterocycles. The molecule has 4 heteroatoms. The summed E-state index contributed by atoms with van der Waals surface area (Å²) in [5, 5.41) is 8.21. The van der Waals surface area contributed by atoms with E-state index in [1.54, 1.807) is 0 Å². The van der Waals surface area contributed by atoms with E-state index in [0.29, 0.717) is 12.1 Å². The third-order valence-corrected chi connectivity index (χ3v) is 3.84. The first-order chi connectivity index (χ1) is 9.24. The molecule has 0 amide bonds. The number of rotatable bonds is 7. The summed E-state index contributed by atoms with van der Waals surface area (Å²) >= 11 is 0. The number of aromatic nitrogens is 2. The van der Waals surface area contributed by atoms with E-state index in [4.69, 9.17) is 9.84 Å². The lowest BCUT2D eigenvalue weighted by molar-refractivity contribution is 0.109. The third-order valence-electron chi connectivity index (χ3n) is 3.84. The van der Waals surface area contributed by atoms with Gasteiger partial charge < -0.3 is 10.1 Å². The topological polar surface area (TPSA) is 39.1 Å². The largest absolute Gasteiger partial charge is 0.377 e. The van der Waals surface area contributed by atoms with Gasteiger partial charge in [0, 0.05) is 25.4 Å². The Morgan fingerprint density at radius 1 is 1.47 bits per heavy atom. The molecule has 1 fully saturated rings. The molecule has 1 aliphatic rings. The van der Waals surface area contributed by atoms with Gasteiger partial charge in [0.15, 0.2) is 0 Å². The number of aryl methyl sites for hydroxylation is 2. The van der Waals surface area contributed by atoms with Crippen LogP contribution in [0.5, 0.6) is 0 Å². The number of hydrogen-bond donors (Lipinski definition) is 1. The highest BCUT2D eigenvalue weighted by Crippen LogP contribution is 2.14. The van der Waals surface area contributed by atoms with Crippen LogP contribution in [-0.2, 0) is 17.6 Å². The number of nitrogens with one attached hydrogen (secondary N) is 1. The van der Waals surface area contributed by atoms with Crippen molar-refractivity contribution in [3.63, 3.8) is 0 Å². The summed E-state index contributed by atoms with van der Waals surface area (Å²) in [6.45, 7) is 9.44. The van der Waals surface area contributed by atoms with E-state index in [2.05, 4.69) is 36.8 Å². The van der Waals surface area contributed by atoms with Gasteiger partial charge in [0.25, 0.3) is 0 Å². The molecule has 0 saturated carbocycles. The molecule has 1 N–H and O–H groups in total. The lowest BCUT2D eigenvalue weighted by Crippen LogP contribution is -2.31. The number of nitrogens with zero attached hydrogens (tertiary/aromatic N) is 2. The highest BCUT2D eigenvalue weighted by molar-refractivity contribution is 5.11. The van der Waals surface area contributed by atoms with E-state index >= 15 is 0 Å². The smallest absolute Gasteiger partial charge is 0.0700 e. The fourth-order valence-corrected chi connectivity index (χ4v) is 2.65. The lowest BCUT2D eigenvalue weighted by atomic mass is 10.2. The van der Waals surface area contributed by atoms with E-state index < -0.39 is 0 Å². The summed E-state index contributed by atoms with van der Waals surface area (Å²) in [4.78, 5) is 0. The first-order valence-electron chi connectivity index (χ1n) is 7.64. The zero-order valence-corrected chi connectivity index (χ0v) is 12.5. The maximum Gasteiger partial charge on any atom is 0.0700 e. The van der Waals surface area contributed by atoms with Gasteiger partial charge in [0.2, 0.25) is 0 Å². The zero-order valence-electron chi connectivity index (χ0n) is 12.5. The molecule has 0 aliphatic carbocycles. The van der Waals surface area contributed by atoms with Crippen LogP contribution in [0.4, 0.5) is 0 Å². The first kappa shape index (κ1) is 14.5. The minimum atomic E-state index is 0.400. The van der Waals surface area contributed by atoms with E-state index in [0.717, 1.165) is 32.5 Å². The molecule has 2 rings (SSSR count). The Balaban J connectivity index is 1.84. The second-order valence-corrected chi connectivity index (χ2v) is 5.42. The van der Waals surface area contributed by atoms with Crippen molar-refractivity contribution in [2.75, 3.05) is 19.7 Å². The molecule has 0 radical (unpaired) electrons. The van der Waals surface area contributed by atoms with Crippen LogP contribution in [-0.4, -0.2) is 35.6 Å². The average molecular weight is 265 g/mol. The van der Waals surface area contributed by atoms with Crippen LogP contribution < -0.4 is 5.32 Å².